The quantitative estimate of drug-likeness (QED) is 0.481. The van der Waals surface area contributed by atoms with Crippen LogP contribution in [0.15, 0.2) is 29.3 Å². The minimum absolute atomic E-state index is 0.0679. The number of aromatic nitrogens is 2. The van der Waals surface area contributed by atoms with Crippen LogP contribution in [0.25, 0.3) is 21.8 Å². The first kappa shape index (κ1) is 20.3. The molecule has 0 aliphatic carbocycles. The number of benzene rings is 1. The Morgan fingerprint density at radius 3 is 2.80 bits per heavy atom. The Labute approximate surface area is 174 Å². The van der Waals surface area contributed by atoms with E-state index in [0.717, 1.165) is 25.9 Å². The predicted octanol–water partition coefficient (Wildman–Crippen LogP) is 4.03. The van der Waals surface area contributed by atoms with Crippen molar-refractivity contribution in [3.05, 3.63) is 46.1 Å². The number of hydrogen-bond acceptors (Lipinski definition) is 5. The molecule has 0 saturated carbocycles. The smallest absolute Gasteiger partial charge is 0.343 e. The Morgan fingerprint density at radius 2 is 2.10 bits per heavy atom. The Hall–Kier alpha value is -2.96. The lowest BCUT2D eigenvalue weighted by molar-refractivity contribution is 0.0524. The van der Waals surface area contributed by atoms with Gasteiger partial charge in [-0.25, -0.2) is 9.18 Å². The summed E-state index contributed by atoms with van der Waals surface area (Å²) < 4.78 is 21.9. The number of hydrogen-bond donors (Lipinski definition) is 0. The van der Waals surface area contributed by atoms with Crippen molar-refractivity contribution in [3.63, 3.8) is 0 Å². The highest BCUT2D eigenvalue weighted by Crippen LogP contribution is 2.35. The summed E-state index contributed by atoms with van der Waals surface area (Å²) in [7, 11) is 1.72. The number of piperidine rings is 1. The Bertz CT molecular complexity index is 1220. The summed E-state index contributed by atoms with van der Waals surface area (Å²) in [5.41, 5.74) is 1.13. The van der Waals surface area contributed by atoms with E-state index in [2.05, 4.69) is 23.7 Å². The number of nitrogens with zero attached hydrogens (tertiary/aromatic N) is 3. The molecule has 1 aliphatic heterocycles. The molecule has 7 heteroatoms. The number of rotatable bonds is 3. The molecule has 1 aliphatic rings. The predicted molar refractivity (Wildman–Crippen MR) is 116 cm³/mol. The minimum Gasteiger partial charge on any atom is -0.462 e. The average Bonchev–Trinajstić information content (AvgIpc) is 2.68. The Balaban J connectivity index is 1.93. The van der Waals surface area contributed by atoms with Gasteiger partial charge < -0.3 is 14.2 Å². The van der Waals surface area contributed by atoms with Crippen LogP contribution in [0.1, 0.15) is 44.0 Å². The first-order valence-electron chi connectivity index (χ1n) is 10.3. The largest absolute Gasteiger partial charge is 0.462 e. The lowest BCUT2D eigenvalue weighted by atomic mass is 9.84. The maximum atomic E-state index is 15.2. The number of halogens is 1. The van der Waals surface area contributed by atoms with Crippen molar-refractivity contribution < 1.29 is 13.9 Å². The Kier molecular flexibility index (Phi) is 5.00. The van der Waals surface area contributed by atoms with Gasteiger partial charge in [0.2, 0.25) is 5.43 Å². The first-order chi connectivity index (χ1) is 14.2. The molecule has 3 heterocycles. The molecular weight excluding hydrogens is 385 g/mol. The third-order valence-electron chi connectivity index (χ3n) is 5.83. The van der Waals surface area contributed by atoms with Gasteiger partial charge in [-0.1, -0.05) is 13.8 Å². The highest BCUT2D eigenvalue weighted by atomic mass is 19.1. The van der Waals surface area contributed by atoms with Gasteiger partial charge in [-0.2, -0.15) is 0 Å². The van der Waals surface area contributed by atoms with Crippen LogP contribution in [0.5, 0.6) is 0 Å². The molecule has 0 bridgehead atoms. The number of ether oxygens (including phenoxy) is 1. The Morgan fingerprint density at radius 1 is 1.33 bits per heavy atom. The molecule has 0 atom stereocenters. The molecule has 30 heavy (non-hydrogen) atoms. The van der Waals surface area contributed by atoms with Crippen LogP contribution in [0, 0.1) is 11.2 Å². The van der Waals surface area contributed by atoms with Gasteiger partial charge in [-0.15, -0.1) is 0 Å². The van der Waals surface area contributed by atoms with Crippen LogP contribution in [0.2, 0.25) is 0 Å². The average molecular weight is 411 g/mol. The van der Waals surface area contributed by atoms with Gasteiger partial charge in [-0.05, 0) is 37.3 Å². The van der Waals surface area contributed by atoms with Crippen molar-refractivity contribution in [1.29, 1.82) is 0 Å². The second-order valence-electron chi connectivity index (χ2n) is 8.73. The fourth-order valence-electron chi connectivity index (χ4n) is 4.38. The lowest BCUT2D eigenvalue weighted by Crippen LogP contribution is -2.40. The van der Waals surface area contributed by atoms with E-state index in [-0.39, 0.29) is 23.0 Å². The van der Waals surface area contributed by atoms with Gasteiger partial charge in [0.25, 0.3) is 0 Å². The fourth-order valence-corrected chi connectivity index (χ4v) is 4.38. The van der Waals surface area contributed by atoms with E-state index in [1.165, 1.54) is 12.3 Å². The van der Waals surface area contributed by atoms with E-state index >= 15 is 4.39 Å². The number of esters is 1. The lowest BCUT2D eigenvalue weighted by Gasteiger charge is -2.39. The van der Waals surface area contributed by atoms with Gasteiger partial charge in [0, 0.05) is 31.7 Å². The molecule has 3 aromatic rings. The molecule has 0 amide bonds. The second kappa shape index (κ2) is 7.38. The fraction of sp³-hybridized carbons (Fsp3) is 0.435. The topological polar surface area (TPSA) is 64.4 Å². The van der Waals surface area contributed by atoms with Crippen molar-refractivity contribution in [2.75, 3.05) is 24.6 Å². The highest BCUT2D eigenvalue weighted by molar-refractivity contribution is 6.07. The maximum absolute atomic E-state index is 15.2. The molecule has 2 aromatic heterocycles. The summed E-state index contributed by atoms with van der Waals surface area (Å²) in [4.78, 5) is 31.9. The monoisotopic (exact) mass is 411 g/mol. The molecule has 1 fully saturated rings. The van der Waals surface area contributed by atoms with Crippen molar-refractivity contribution >= 4 is 33.5 Å². The van der Waals surface area contributed by atoms with E-state index in [4.69, 9.17) is 4.74 Å². The number of carbonyl (C=O) groups is 1. The number of carbonyl (C=O) groups excluding carboxylic acids is 1. The number of anilines is 1. The molecule has 0 spiro atoms. The molecule has 0 radical (unpaired) electrons. The van der Waals surface area contributed by atoms with E-state index in [9.17, 15) is 9.59 Å². The maximum Gasteiger partial charge on any atom is 0.343 e. The van der Waals surface area contributed by atoms with E-state index in [0.29, 0.717) is 22.1 Å². The van der Waals surface area contributed by atoms with Crippen molar-refractivity contribution in [1.82, 2.24) is 9.55 Å². The van der Waals surface area contributed by atoms with Gasteiger partial charge in [0.05, 0.1) is 34.9 Å². The molecule has 0 N–H and O–H groups in total. The molecule has 6 nitrogen and oxygen atoms in total. The van der Waals surface area contributed by atoms with Gasteiger partial charge in [0.15, 0.2) is 0 Å². The zero-order chi connectivity index (χ0) is 21.6. The van der Waals surface area contributed by atoms with E-state index in [1.807, 2.05) is 0 Å². The van der Waals surface area contributed by atoms with Crippen LogP contribution >= 0.6 is 0 Å². The van der Waals surface area contributed by atoms with Gasteiger partial charge in [0.1, 0.15) is 11.4 Å². The zero-order valence-corrected chi connectivity index (χ0v) is 17.8. The summed E-state index contributed by atoms with van der Waals surface area (Å²) in [5.74, 6) is -1.07. The third-order valence-corrected chi connectivity index (χ3v) is 5.83. The summed E-state index contributed by atoms with van der Waals surface area (Å²) in [6, 6.07) is 3.08. The summed E-state index contributed by atoms with van der Waals surface area (Å²) in [6.07, 6.45) is 5.14. The van der Waals surface area contributed by atoms with Crippen LogP contribution in [0.3, 0.4) is 0 Å². The first-order valence-corrected chi connectivity index (χ1v) is 10.3. The SMILES string of the molecule is CCOC(=O)c1cn(C)c2cnc3cc(N4CCCC(C)(C)C4)c(F)cc3c2c1=O. The highest BCUT2D eigenvalue weighted by Gasteiger charge is 2.28. The normalized spacial score (nSPS) is 16.2. The van der Waals surface area contributed by atoms with Crippen LogP contribution < -0.4 is 10.3 Å². The number of aryl methyl sites for hydroxylation is 1. The molecule has 158 valence electrons. The van der Waals surface area contributed by atoms with Crippen molar-refractivity contribution in [2.24, 2.45) is 12.5 Å². The molecule has 0 unspecified atom stereocenters. The van der Waals surface area contributed by atoms with Gasteiger partial charge in [-0.3, -0.25) is 9.78 Å². The molecule has 1 aromatic carbocycles. The minimum atomic E-state index is -0.683. The summed E-state index contributed by atoms with van der Waals surface area (Å²) in [6.45, 7) is 7.77. The van der Waals surface area contributed by atoms with Crippen LogP contribution in [0.4, 0.5) is 10.1 Å². The molecular formula is C23H26FN3O3. The summed E-state index contributed by atoms with van der Waals surface area (Å²) >= 11 is 0. The number of fused-ring (bicyclic) bond motifs is 3. The summed E-state index contributed by atoms with van der Waals surface area (Å²) in [5, 5.41) is 0.675. The van der Waals surface area contributed by atoms with Gasteiger partial charge >= 0.3 is 5.97 Å². The molecule has 1 saturated heterocycles. The number of pyridine rings is 2. The second-order valence-corrected chi connectivity index (χ2v) is 8.73. The molecule has 4 rings (SSSR count). The van der Waals surface area contributed by atoms with Crippen LogP contribution in [-0.2, 0) is 11.8 Å². The van der Waals surface area contributed by atoms with E-state index in [1.54, 1.807) is 30.8 Å². The zero-order valence-electron chi connectivity index (χ0n) is 17.8. The third kappa shape index (κ3) is 3.42. The van der Waals surface area contributed by atoms with Crippen molar-refractivity contribution in [3.8, 4) is 0 Å². The van der Waals surface area contributed by atoms with Crippen LogP contribution in [-0.4, -0.2) is 35.2 Å². The van der Waals surface area contributed by atoms with Crippen molar-refractivity contribution in [2.45, 2.75) is 33.6 Å². The van der Waals surface area contributed by atoms with E-state index < -0.39 is 17.2 Å². The standard InChI is InChI=1S/C23H26FN3O3/c1-5-30-22(29)15-12-26(4)19-11-25-17-10-18(27-8-6-7-23(2,3)13-27)16(24)9-14(17)20(19)21(15)28/h9-12H,5-8,13H2,1-4H3.